The Morgan fingerprint density at radius 1 is 1.48 bits per heavy atom. The topological polar surface area (TPSA) is 70.4 Å². The number of phenolic OH excluding ortho intramolecular Hbond substituents is 1. The number of nitrogens with one attached hydrogen (secondary N) is 1. The Morgan fingerprint density at radius 3 is 3.09 bits per heavy atom. The molecule has 6 heteroatoms. The van der Waals surface area contributed by atoms with Crippen molar-refractivity contribution in [3.8, 4) is 5.75 Å². The van der Waals surface area contributed by atoms with E-state index in [1.165, 1.54) is 0 Å². The van der Waals surface area contributed by atoms with Crippen LogP contribution in [0.2, 0.25) is 0 Å². The zero-order valence-electron chi connectivity index (χ0n) is 13.3. The maximum absolute atomic E-state index is 12.3. The highest BCUT2D eigenvalue weighted by Crippen LogP contribution is 2.17. The average molecular weight is 314 g/mol. The Balaban J connectivity index is 1.58. The van der Waals surface area contributed by atoms with Crippen LogP contribution in [0.15, 0.2) is 36.8 Å². The molecule has 1 aromatic carbocycles. The summed E-state index contributed by atoms with van der Waals surface area (Å²) in [4.78, 5) is 18.6. The molecule has 2 N–H and O–H groups in total. The van der Waals surface area contributed by atoms with Crippen molar-refractivity contribution in [2.75, 3.05) is 13.1 Å². The van der Waals surface area contributed by atoms with E-state index < -0.39 is 0 Å². The summed E-state index contributed by atoms with van der Waals surface area (Å²) in [6.07, 6.45) is 5.25. The standard InChI is InChI=1S/C17H22N4O2/c1-20-12-18-9-16(20)17(23)19-14-5-3-7-21(11-14)10-13-4-2-6-15(22)8-13/h2,4,6,8-9,12,14,22H,3,5,7,10-11H2,1H3,(H,19,23). The molecule has 1 aliphatic rings. The first-order chi connectivity index (χ1) is 11.1. The van der Waals surface area contributed by atoms with Crippen LogP contribution in [-0.2, 0) is 13.6 Å². The number of nitrogens with zero attached hydrogens (tertiary/aromatic N) is 3. The maximum atomic E-state index is 12.3. The van der Waals surface area contributed by atoms with Crippen molar-refractivity contribution in [2.24, 2.45) is 7.05 Å². The van der Waals surface area contributed by atoms with Crippen LogP contribution in [0.4, 0.5) is 0 Å². The lowest BCUT2D eigenvalue weighted by Gasteiger charge is -2.33. The summed E-state index contributed by atoms with van der Waals surface area (Å²) in [5.41, 5.74) is 1.67. The molecule has 1 amide bonds. The Morgan fingerprint density at radius 2 is 2.35 bits per heavy atom. The first kappa shape index (κ1) is 15.6. The molecule has 3 rings (SSSR count). The number of aromatic hydroxyl groups is 1. The molecule has 0 radical (unpaired) electrons. The van der Waals surface area contributed by atoms with Gasteiger partial charge in [0.05, 0.1) is 12.5 Å². The van der Waals surface area contributed by atoms with Crippen LogP contribution in [0.5, 0.6) is 5.75 Å². The van der Waals surface area contributed by atoms with Gasteiger partial charge >= 0.3 is 0 Å². The lowest BCUT2D eigenvalue weighted by Crippen LogP contribution is -2.47. The minimum Gasteiger partial charge on any atom is -0.508 e. The number of carbonyl (C=O) groups excluding carboxylic acids is 1. The molecule has 1 aliphatic heterocycles. The highest BCUT2D eigenvalue weighted by atomic mass is 16.3. The van der Waals surface area contributed by atoms with Gasteiger partial charge in [-0.05, 0) is 37.1 Å². The highest BCUT2D eigenvalue weighted by molar-refractivity contribution is 5.92. The smallest absolute Gasteiger partial charge is 0.269 e. The van der Waals surface area contributed by atoms with Gasteiger partial charge in [-0.3, -0.25) is 9.69 Å². The van der Waals surface area contributed by atoms with Crippen LogP contribution < -0.4 is 5.32 Å². The second-order valence-electron chi connectivity index (χ2n) is 6.11. The fraction of sp³-hybridized carbons (Fsp3) is 0.412. The number of imidazole rings is 1. The number of aromatic nitrogens is 2. The number of carbonyl (C=O) groups is 1. The number of piperidine rings is 1. The van der Waals surface area contributed by atoms with Crippen LogP contribution in [0, 0.1) is 0 Å². The molecule has 122 valence electrons. The second-order valence-corrected chi connectivity index (χ2v) is 6.11. The van der Waals surface area contributed by atoms with Gasteiger partial charge in [-0.2, -0.15) is 0 Å². The van der Waals surface area contributed by atoms with Gasteiger partial charge in [-0.15, -0.1) is 0 Å². The number of rotatable bonds is 4. The molecule has 1 saturated heterocycles. The molecule has 1 unspecified atom stereocenters. The third-order valence-corrected chi connectivity index (χ3v) is 4.21. The van der Waals surface area contributed by atoms with E-state index >= 15 is 0 Å². The quantitative estimate of drug-likeness (QED) is 0.898. The number of likely N-dealkylation sites (tertiary alicyclic amines) is 1. The van der Waals surface area contributed by atoms with Crippen LogP contribution in [0.3, 0.4) is 0 Å². The second kappa shape index (κ2) is 6.83. The van der Waals surface area contributed by atoms with Gasteiger partial charge in [0.1, 0.15) is 11.4 Å². The van der Waals surface area contributed by atoms with Crippen molar-refractivity contribution in [3.63, 3.8) is 0 Å². The van der Waals surface area contributed by atoms with Gasteiger partial charge in [-0.25, -0.2) is 4.98 Å². The van der Waals surface area contributed by atoms with E-state index in [0.717, 1.165) is 38.0 Å². The molecule has 0 aliphatic carbocycles. The van der Waals surface area contributed by atoms with Gasteiger partial charge in [0.25, 0.3) is 5.91 Å². The molecule has 1 fully saturated rings. The van der Waals surface area contributed by atoms with Crippen molar-refractivity contribution < 1.29 is 9.90 Å². The van der Waals surface area contributed by atoms with E-state index in [1.807, 2.05) is 19.2 Å². The molecule has 2 heterocycles. The predicted octanol–water partition coefficient (Wildman–Crippen LogP) is 1.52. The number of hydrogen-bond donors (Lipinski definition) is 2. The van der Waals surface area contributed by atoms with Crippen LogP contribution in [-0.4, -0.2) is 44.6 Å². The molecule has 1 atom stereocenters. The molecule has 0 saturated carbocycles. The third kappa shape index (κ3) is 3.90. The van der Waals surface area contributed by atoms with Crippen LogP contribution >= 0.6 is 0 Å². The molecule has 23 heavy (non-hydrogen) atoms. The molecular formula is C17H22N4O2. The third-order valence-electron chi connectivity index (χ3n) is 4.21. The Bertz CT molecular complexity index is 683. The summed E-state index contributed by atoms with van der Waals surface area (Å²) in [5.74, 6) is 0.217. The van der Waals surface area contributed by atoms with E-state index in [2.05, 4.69) is 15.2 Å². The van der Waals surface area contributed by atoms with Crippen molar-refractivity contribution in [2.45, 2.75) is 25.4 Å². The van der Waals surface area contributed by atoms with Crippen molar-refractivity contribution in [3.05, 3.63) is 48.0 Å². The fourth-order valence-corrected chi connectivity index (χ4v) is 3.07. The van der Waals surface area contributed by atoms with Gasteiger partial charge in [0, 0.05) is 26.2 Å². The van der Waals surface area contributed by atoms with Crippen LogP contribution in [0.1, 0.15) is 28.9 Å². The Hall–Kier alpha value is -2.34. The normalized spacial score (nSPS) is 18.7. The lowest BCUT2D eigenvalue weighted by atomic mass is 10.0. The number of aryl methyl sites for hydroxylation is 1. The summed E-state index contributed by atoms with van der Waals surface area (Å²) >= 11 is 0. The molecule has 0 spiro atoms. The minimum atomic E-state index is -0.0748. The van der Waals surface area contributed by atoms with Crippen molar-refractivity contribution in [1.29, 1.82) is 0 Å². The first-order valence-corrected chi connectivity index (χ1v) is 7.89. The Kier molecular flexibility index (Phi) is 4.62. The van der Waals surface area contributed by atoms with Gasteiger partial charge in [0.2, 0.25) is 0 Å². The number of benzene rings is 1. The number of phenols is 1. The minimum absolute atomic E-state index is 0.0748. The summed E-state index contributed by atoms with van der Waals surface area (Å²) in [5, 5.41) is 12.7. The monoisotopic (exact) mass is 314 g/mol. The molecule has 6 nitrogen and oxygen atoms in total. The average Bonchev–Trinajstić information content (AvgIpc) is 2.94. The Labute approximate surface area is 135 Å². The van der Waals surface area contributed by atoms with Gasteiger partial charge < -0.3 is 15.0 Å². The molecule has 2 aromatic rings. The number of hydrogen-bond acceptors (Lipinski definition) is 4. The van der Waals surface area contributed by atoms with E-state index in [0.29, 0.717) is 11.4 Å². The summed E-state index contributed by atoms with van der Waals surface area (Å²) in [7, 11) is 1.82. The van der Waals surface area contributed by atoms with Crippen molar-refractivity contribution >= 4 is 5.91 Å². The first-order valence-electron chi connectivity index (χ1n) is 7.89. The van der Waals surface area contributed by atoms with Gasteiger partial charge in [0.15, 0.2) is 0 Å². The van der Waals surface area contributed by atoms with E-state index in [1.54, 1.807) is 29.2 Å². The predicted molar refractivity (Wildman–Crippen MR) is 87.1 cm³/mol. The maximum Gasteiger partial charge on any atom is 0.269 e. The molecular weight excluding hydrogens is 292 g/mol. The van der Waals surface area contributed by atoms with E-state index in [4.69, 9.17) is 0 Å². The fourth-order valence-electron chi connectivity index (χ4n) is 3.07. The summed E-state index contributed by atoms with van der Waals surface area (Å²) < 4.78 is 1.72. The highest BCUT2D eigenvalue weighted by Gasteiger charge is 2.22. The number of amides is 1. The summed E-state index contributed by atoms with van der Waals surface area (Å²) in [6.45, 7) is 2.61. The molecule has 0 bridgehead atoms. The van der Waals surface area contributed by atoms with Crippen molar-refractivity contribution in [1.82, 2.24) is 19.8 Å². The SMILES string of the molecule is Cn1cncc1C(=O)NC1CCCN(Cc2cccc(O)c2)C1. The zero-order valence-corrected chi connectivity index (χ0v) is 13.3. The van der Waals surface area contributed by atoms with E-state index in [-0.39, 0.29) is 11.9 Å². The largest absolute Gasteiger partial charge is 0.508 e. The van der Waals surface area contributed by atoms with E-state index in [9.17, 15) is 9.90 Å². The van der Waals surface area contributed by atoms with Gasteiger partial charge in [-0.1, -0.05) is 12.1 Å². The summed E-state index contributed by atoms with van der Waals surface area (Å²) in [6, 6.07) is 7.48. The zero-order chi connectivity index (χ0) is 16.2. The molecule has 1 aromatic heterocycles. The lowest BCUT2D eigenvalue weighted by molar-refractivity contribution is 0.0892. The van der Waals surface area contributed by atoms with Crippen LogP contribution in [0.25, 0.3) is 0 Å².